The summed E-state index contributed by atoms with van der Waals surface area (Å²) in [4.78, 5) is 24.3. The second-order valence-corrected chi connectivity index (χ2v) is 7.47. The summed E-state index contributed by atoms with van der Waals surface area (Å²) in [5.74, 6) is 4.25. The first kappa shape index (κ1) is 21.4. The Morgan fingerprint density at radius 2 is 1.70 bits per heavy atom. The van der Waals surface area contributed by atoms with Gasteiger partial charge < -0.3 is 19.9 Å². The van der Waals surface area contributed by atoms with Gasteiger partial charge in [0.1, 0.15) is 12.6 Å². The number of carboxylic acid groups (broad SMARTS) is 1. The number of hydrogen-bond donors (Lipinski definition) is 2. The molecule has 30 heavy (non-hydrogen) atoms. The fourth-order valence-corrected chi connectivity index (χ4v) is 4.03. The van der Waals surface area contributed by atoms with E-state index >= 15 is 0 Å². The Kier molecular flexibility index (Phi) is 6.43. The monoisotopic (exact) mass is 407 g/mol. The van der Waals surface area contributed by atoms with Crippen LogP contribution in [0.25, 0.3) is 11.1 Å². The van der Waals surface area contributed by atoms with E-state index in [0.29, 0.717) is 0 Å². The van der Waals surface area contributed by atoms with Crippen LogP contribution in [0, 0.1) is 17.3 Å². The Morgan fingerprint density at radius 1 is 1.13 bits per heavy atom. The molecule has 0 saturated carbocycles. The molecule has 3 rings (SSSR count). The van der Waals surface area contributed by atoms with Crippen LogP contribution in [0.5, 0.6) is 0 Å². The SMILES string of the molecule is CC#C[C@@](C)(COC)[C@H](NC(=O)OCC1c2ccccc2-c2ccccc21)C(=O)O. The third-order valence-corrected chi connectivity index (χ3v) is 5.34. The van der Waals surface area contributed by atoms with Crippen molar-refractivity contribution in [3.8, 4) is 23.0 Å². The number of carbonyl (C=O) groups is 2. The molecule has 0 unspecified atom stereocenters. The minimum absolute atomic E-state index is 0.0501. The summed E-state index contributed by atoms with van der Waals surface area (Å²) < 4.78 is 10.6. The van der Waals surface area contributed by atoms with Crippen molar-refractivity contribution in [2.45, 2.75) is 25.8 Å². The van der Waals surface area contributed by atoms with E-state index in [1.165, 1.54) is 7.11 Å². The second kappa shape index (κ2) is 9.02. The molecule has 2 atom stereocenters. The topological polar surface area (TPSA) is 84.9 Å². The molecule has 1 aliphatic rings. The highest BCUT2D eigenvalue weighted by atomic mass is 16.5. The van der Waals surface area contributed by atoms with Crippen molar-refractivity contribution in [2.75, 3.05) is 20.3 Å². The smallest absolute Gasteiger partial charge is 0.407 e. The number of rotatable bonds is 7. The van der Waals surface area contributed by atoms with E-state index in [1.54, 1.807) is 13.8 Å². The van der Waals surface area contributed by atoms with E-state index in [-0.39, 0.29) is 19.1 Å². The molecule has 0 fully saturated rings. The fraction of sp³-hybridized carbons (Fsp3) is 0.333. The highest BCUT2D eigenvalue weighted by Gasteiger charge is 2.40. The van der Waals surface area contributed by atoms with Crippen LogP contribution in [-0.2, 0) is 14.3 Å². The van der Waals surface area contributed by atoms with Gasteiger partial charge in [0.2, 0.25) is 0 Å². The van der Waals surface area contributed by atoms with Crippen molar-refractivity contribution in [3.05, 3.63) is 59.7 Å². The Morgan fingerprint density at radius 3 is 2.20 bits per heavy atom. The van der Waals surface area contributed by atoms with Crippen LogP contribution in [0.4, 0.5) is 4.79 Å². The van der Waals surface area contributed by atoms with Crippen molar-refractivity contribution in [2.24, 2.45) is 5.41 Å². The molecule has 156 valence electrons. The van der Waals surface area contributed by atoms with Crippen molar-refractivity contribution in [1.82, 2.24) is 5.32 Å². The number of aliphatic carboxylic acids is 1. The third kappa shape index (κ3) is 4.17. The maximum absolute atomic E-state index is 12.5. The van der Waals surface area contributed by atoms with Crippen LogP contribution >= 0.6 is 0 Å². The number of amides is 1. The van der Waals surface area contributed by atoms with Gasteiger partial charge in [0, 0.05) is 13.0 Å². The summed E-state index contributed by atoms with van der Waals surface area (Å²) in [5, 5.41) is 12.1. The van der Waals surface area contributed by atoms with Gasteiger partial charge in [-0.2, -0.15) is 0 Å². The van der Waals surface area contributed by atoms with Gasteiger partial charge in [0.05, 0.1) is 12.0 Å². The predicted octanol–water partition coefficient (Wildman–Crippen LogP) is 3.65. The van der Waals surface area contributed by atoms with Crippen molar-refractivity contribution in [3.63, 3.8) is 0 Å². The molecule has 0 spiro atoms. The van der Waals surface area contributed by atoms with Gasteiger partial charge in [-0.25, -0.2) is 9.59 Å². The molecule has 1 amide bonds. The molecule has 0 bridgehead atoms. The predicted molar refractivity (Wildman–Crippen MR) is 113 cm³/mol. The summed E-state index contributed by atoms with van der Waals surface area (Å²) in [7, 11) is 1.46. The Hall–Kier alpha value is -3.30. The first-order chi connectivity index (χ1) is 14.4. The van der Waals surface area contributed by atoms with Gasteiger partial charge in [-0.1, -0.05) is 54.5 Å². The molecule has 2 aromatic carbocycles. The zero-order valence-corrected chi connectivity index (χ0v) is 17.3. The highest BCUT2D eigenvalue weighted by Crippen LogP contribution is 2.44. The lowest BCUT2D eigenvalue weighted by molar-refractivity contribution is -0.142. The van der Waals surface area contributed by atoms with Gasteiger partial charge >= 0.3 is 12.1 Å². The fourth-order valence-electron chi connectivity index (χ4n) is 4.03. The third-order valence-electron chi connectivity index (χ3n) is 5.34. The summed E-state index contributed by atoms with van der Waals surface area (Å²) in [5.41, 5.74) is 3.32. The van der Waals surface area contributed by atoms with Crippen LogP contribution in [0.3, 0.4) is 0 Å². The summed E-state index contributed by atoms with van der Waals surface area (Å²) in [6.45, 7) is 3.40. The molecule has 0 saturated heterocycles. The number of fused-ring (bicyclic) bond motifs is 3. The van der Waals surface area contributed by atoms with Crippen molar-refractivity contribution < 1.29 is 24.2 Å². The zero-order chi connectivity index (χ0) is 21.7. The van der Waals surface area contributed by atoms with Crippen molar-refractivity contribution >= 4 is 12.1 Å². The zero-order valence-electron chi connectivity index (χ0n) is 17.3. The number of nitrogens with one attached hydrogen (secondary N) is 1. The molecular weight excluding hydrogens is 382 g/mol. The molecule has 6 nitrogen and oxygen atoms in total. The molecule has 2 aromatic rings. The number of alkyl carbamates (subject to hydrolysis) is 1. The number of ether oxygens (including phenoxy) is 2. The number of methoxy groups -OCH3 is 1. The number of hydrogen-bond acceptors (Lipinski definition) is 4. The molecule has 0 aliphatic heterocycles. The Balaban J connectivity index is 1.75. The van der Waals surface area contributed by atoms with E-state index in [0.717, 1.165) is 22.3 Å². The van der Waals surface area contributed by atoms with E-state index in [1.807, 2.05) is 48.5 Å². The van der Waals surface area contributed by atoms with Crippen LogP contribution in [-0.4, -0.2) is 43.5 Å². The molecule has 0 aromatic heterocycles. The van der Waals surface area contributed by atoms with Gasteiger partial charge in [-0.3, -0.25) is 0 Å². The van der Waals surface area contributed by atoms with E-state index < -0.39 is 23.5 Å². The molecule has 1 aliphatic carbocycles. The normalized spacial score (nSPS) is 15.0. The van der Waals surface area contributed by atoms with Crippen LogP contribution < -0.4 is 5.32 Å². The minimum Gasteiger partial charge on any atom is -0.480 e. The largest absolute Gasteiger partial charge is 0.480 e. The number of benzene rings is 2. The Bertz CT molecular complexity index is 960. The first-order valence-corrected chi connectivity index (χ1v) is 9.68. The molecular formula is C24H25NO5. The maximum atomic E-state index is 12.5. The summed E-state index contributed by atoms with van der Waals surface area (Å²) >= 11 is 0. The molecule has 0 radical (unpaired) electrons. The van der Waals surface area contributed by atoms with Gasteiger partial charge in [-0.15, -0.1) is 5.92 Å². The average Bonchev–Trinajstić information content (AvgIpc) is 3.04. The number of carboxylic acids is 1. The number of carbonyl (C=O) groups excluding carboxylic acids is 1. The van der Waals surface area contributed by atoms with Crippen molar-refractivity contribution in [1.29, 1.82) is 0 Å². The van der Waals surface area contributed by atoms with Crippen LogP contribution in [0.2, 0.25) is 0 Å². The van der Waals surface area contributed by atoms with Gasteiger partial charge in [0.15, 0.2) is 0 Å². The summed E-state index contributed by atoms with van der Waals surface area (Å²) in [6, 6.07) is 14.7. The molecule has 2 N–H and O–H groups in total. The summed E-state index contributed by atoms with van der Waals surface area (Å²) in [6.07, 6.45) is -0.801. The van der Waals surface area contributed by atoms with E-state index in [2.05, 4.69) is 17.2 Å². The highest BCUT2D eigenvalue weighted by molar-refractivity contribution is 5.82. The molecule has 6 heteroatoms. The standard InChI is InChI=1S/C24H25NO5/c1-4-13-24(2,15-29-3)21(22(26)27)25-23(28)30-14-20-18-11-7-5-9-16(18)17-10-6-8-12-19(17)20/h5-12,20-21H,14-15H2,1-3H3,(H,25,28)(H,26,27)/t21-,24+/m1/s1. The van der Waals surface area contributed by atoms with Gasteiger partial charge in [0.25, 0.3) is 0 Å². The Labute approximate surface area is 176 Å². The lowest BCUT2D eigenvalue weighted by Gasteiger charge is -2.30. The van der Waals surface area contributed by atoms with Crippen LogP contribution in [0.15, 0.2) is 48.5 Å². The lowest BCUT2D eigenvalue weighted by atomic mass is 9.83. The van der Waals surface area contributed by atoms with E-state index in [4.69, 9.17) is 9.47 Å². The first-order valence-electron chi connectivity index (χ1n) is 9.68. The van der Waals surface area contributed by atoms with Gasteiger partial charge in [-0.05, 0) is 36.1 Å². The molecule has 0 heterocycles. The quantitative estimate of drug-likeness (QED) is 0.685. The minimum atomic E-state index is -1.28. The van der Waals surface area contributed by atoms with Crippen LogP contribution in [0.1, 0.15) is 30.9 Å². The average molecular weight is 407 g/mol. The van der Waals surface area contributed by atoms with E-state index in [9.17, 15) is 14.7 Å². The maximum Gasteiger partial charge on any atom is 0.407 e. The lowest BCUT2D eigenvalue weighted by Crippen LogP contribution is -2.53. The second-order valence-electron chi connectivity index (χ2n) is 7.47.